The first-order chi connectivity index (χ1) is 14.0. The summed E-state index contributed by atoms with van der Waals surface area (Å²) in [6.07, 6.45) is 3.86. The van der Waals surface area contributed by atoms with Gasteiger partial charge in [0.1, 0.15) is 0 Å². The van der Waals surface area contributed by atoms with E-state index < -0.39 is 11.8 Å². The topological polar surface area (TPSA) is 78.5 Å². The highest BCUT2D eigenvalue weighted by Crippen LogP contribution is 2.20. The van der Waals surface area contributed by atoms with E-state index in [-0.39, 0.29) is 11.5 Å². The molecule has 0 bridgehead atoms. The maximum Gasteiger partial charge on any atom is 0.258 e. The molecule has 2 aromatic carbocycles. The van der Waals surface area contributed by atoms with E-state index in [1.807, 2.05) is 12.1 Å². The van der Waals surface area contributed by atoms with Crippen LogP contribution in [0.25, 0.3) is 0 Å². The van der Waals surface area contributed by atoms with Crippen LogP contribution in [0.3, 0.4) is 0 Å². The third-order valence-electron chi connectivity index (χ3n) is 5.80. The molecule has 2 aliphatic heterocycles. The second kappa shape index (κ2) is 8.17. The summed E-state index contributed by atoms with van der Waals surface area (Å²) >= 11 is 0. The Morgan fingerprint density at radius 3 is 2.52 bits per heavy atom. The van der Waals surface area contributed by atoms with Gasteiger partial charge in [-0.3, -0.25) is 24.6 Å². The van der Waals surface area contributed by atoms with Crippen molar-refractivity contribution in [2.45, 2.75) is 45.3 Å². The van der Waals surface area contributed by atoms with Gasteiger partial charge in [0.25, 0.3) is 17.7 Å². The van der Waals surface area contributed by atoms with Gasteiger partial charge in [0, 0.05) is 24.7 Å². The fourth-order valence-electron chi connectivity index (χ4n) is 3.98. The lowest BCUT2D eigenvalue weighted by atomic mass is 10.0. The zero-order valence-electron chi connectivity index (χ0n) is 16.5. The number of amides is 3. The zero-order chi connectivity index (χ0) is 20.4. The van der Waals surface area contributed by atoms with Crippen LogP contribution in [0.5, 0.6) is 0 Å². The molecule has 0 spiro atoms. The number of nitrogens with one attached hydrogen (secondary N) is 2. The Labute approximate surface area is 170 Å². The molecule has 2 aromatic rings. The normalized spacial score (nSPS) is 19.0. The van der Waals surface area contributed by atoms with E-state index in [0.29, 0.717) is 23.7 Å². The van der Waals surface area contributed by atoms with Crippen molar-refractivity contribution in [2.24, 2.45) is 0 Å². The van der Waals surface area contributed by atoms with Crippen molar-refractivity contribution in [2.75, 3.05) is 6.54 Å². The zero-order valence-corrected chi connectivity index (χ0v) is 16.5. The number of fused-ring (bicyclic) bond motifs is 1. The number of imide groups is 1. The van der Waals surface area contributed by atoms with Gasteiger partial charge in [0.05, 0.1) is 11.1 Å². The van der Waals surface area contributed by atoms with Crippen LogP contribution >= 0.6 is 0 Å². The number of hydrogen-bond acceptors (Lipinski definition) is 4. The van der Waals surface area contributed by atoms with Crippen molar-refractivity contribution < 1.29 is 14.4 Å². The average Bonchev–Trinajstić information content (AvgIpc) is 3.02. The molecule has 0 aromatic heterocycles. The Hall–Kier alpha value is -2.99. The fraction of sp³-hybridized carbons (Fsp3) is 0.348. The van der Waals surface area contributed by atoms with E-state index in [9.17, 15) is 14.4 Å². The van der Waals surface area contributed by atoms with Gasteiger partial charge in [-0.1, -0.05) is 30.7 Å². The van der Waals surface area contributed by atoms with Gasteiger partial charge >= 0.3 is 0 Å². The molecule has 3 amide bonds. The molecule has 0 aliphatic carbocycles. The second-order valence-corrected chi connectivity index (χ2v) is 7.86. The van der Waals surface area contributed by atoms with Crippen LogP contribution in [0, 0.1) is 0 Å². The molecule has 150 valence electrons. The van der Waals surface area contributed by atoms with Crippen molar-refractivity contribution in [3.8, 4) is 0 Å². The molecule has 0 saturated carbocycles. The molecule has 1 atom stereocenters. The molecule has 2 aliphatic rings. The number of benzene rings is 2. The molecule has 29 heavy (non-hydrogen) atoms. The lowest BCUT2D eigenvalue weighted by Crippen LogP contribution is -2.36. The highest BCUT2D eigenvalue weighted by Gasteiger charge is 2.27. The van der Waals surface area contributed by atoms with Gasteiger partial charge in [0.2, 0.25) is 0 Å². The Balaban J connectivity index is 1.34. The highest BCUT2D eigenvalue weighted by molar-refractivity contribution is 6.22. The third kappa shape index (κ3) is 4.22. The van der Waals surface area contributed by atoms with Gasteiger partial charge in [-0.15, -0.1) is 0 Å². The fourth-order valence-corrected chi connectivity index (χ4v) is 3.98. The minimum Gasteiger partial charge on any atom is -0.348 e. The van der Waals surface area contributed by atoms with Gasteiger partial charge in [-0.05, 0) is 55.6 Å². The van der Waals surface area contributed by atoms with Crippen molar-refractivity contribution in [1.29, 1.82) is 0 Å². The summed E-state index contributed by atoms with van der Waals surface area (Å²) in [7, 11) is 0. The van der Waals surface area contributed by atoms with E-state index in [1.54, 1.807) is 6.07 Å². The SMILES string of the molecule is CC1CCCCN1Cc1ccc(CNC(=O)c2ccc3c(c2)C(=O)NC3=O)cc1. The number of rotatable bonds is 5. The van der Waals surface area contributed by atoms with E-state index in [4.69, 9.17) is 0 Å². The molecule has 4 rings (SSSR count). The summed E-state index contributed by atoms with van der Waals surface area (Å²) in [6.45, 7) is 4.82. The predicted octanol–water partition coefficient (Wildman–Crippen LogP) is 2.87. The smallest absolute Gasteiger partial charge is 0.258 e. The van der Waals surface area contributed by atoms with Crippen LogP contribution in [0.15, 0.2) is 42.5 Å². The molecular formula is C23H25N3O3. The van der Waals surface area contributed by atoms with Crippen LogP contribution in [-0.2, 0) is 13.1 Å². The minimum atomic E-state index is -0.460. The first-order valence-electron chi connectivity index (χ1n) is 10.1. The molecule has 2 heterocycles. The van der Waals surface area contributed by atoms with E-state index >= 15 is 0 Å². The number of carbonyl (C=O) groups excluding carboxylic acids is 3. The van der Waals surface area contributed by atoms with Crippen molar-refractivity contribution in [3.05, 3.63) is 70.3 Å². The van der Waals surface area contributed by atoms with Crippen molar-refractivity contribution >= 4 is 17.7 Å². The largest absolute Gasteiger partial charge is 0.348 e. The van der Waals surface area contributed by atoms with Crippen molar-refractivity contribution in [1.82, 2.24) is 15.5 Å². The number of piperidine rings is 1. The van der Waals surface area contributed by atoms with Crippen LogP contribution in [0.4, 0.5) is 0 Å². The molecular weight excluding hydrogens is 366 g/mol. The van der Waals surface area contributed by atoms with E-state index in [0.717, 1.165) is 18.7 Å². The van der Waals surface area contributed by atoms with Crippen molar-refractivity contribution in [3.63, 3.8) is 0 Å². The Bertz CT molecular complexity index is 952. The monoisotopic (exact) mass is 391 g/mol. The molecule has 6 nitrogen and oxygen atoms in total. The lowest BCUT2D eigenvalue weighted by molar-refractivity contribution is 0.0878. The number of carbonyl (C=O) groups is 3. The summed E-state index contributed by atoms with van der Waals surface area (Å²) in [5.74, 6) is -1.15. The van der Waals surface area contributed by atoms with Crippen LogP contribution in [0.1, 0.15) is 68.4 Å². The molecule has 1 unspecified atom stereocenters. The summed E-state index contributed by atoms with van der Waals surface area (Å²) in [5.41, 5.74) is 3.22. The highest BCUT2D eigenvalue weighted by atomic mass is 16.2. The summed E-state index contributed by atoms with van der Waals surface area (Å²) in [5, 5.41) is 5.10. The molecule has 0 radical (unpaired) electrons. The van der Waals surface area contributed by atoms with Gasteiger partial charge < -0.3 is 5.32 Å². The van der Waals surface area contributed by atoms with Gasteiger partial charge in [0.15, 0.2) is 0 Å². The third-order valence-corrected chi connectivity index (χ3v) is 5.80. The average molecular weight is 391 g/mol. The quantitative estimate of drug-likeness (QED) is 0.769. The molecule has 6 heteroatoms. The standard InChI is InChI=1S/C23H25N3O3/c1-15-4-2-3-11-26(15)14-17-7-5-16(6-8-17)13-24-21(27)18-9-10-19-20(12-18)23(29)25-22(19)28/h5-10,12,15H,2-4,11,13-14H2,1H3,(H,24,27)(H,25,28,29). The van der Waals surface area contributed by atoms with Gasteiger partial charge in [-0.2, -0.15) is 0 Å². The first-order valence-corrected chi connectivity index (χ1v) is 10.1. The lowest BCUT2D eigenvalue weighted by Gasteiger charge is -2.33. The van der Waals surface area contributed by atoms with Crippen LogP contribution in [-0.4, -0.2) is 35.2 Å². The Morgan fingerprint density at radius 1 is 1.03 bits per heavy atom. The Kier molecular flexibility index (Phi) is 5.45. The Morgan fingerprint density at radius 2 is 1.76 bits per heavy atom. The second-order valence-electron chi connectivity index (χ2n) is 7.86. The number of hydrogen-bond donors (Lipinski definition) is 2. The first kappa shape index (κ1) is 19.3. The summed E-state index contributed by atoms with van der Waals surface area (Å²) < 4.78 is 0. The maximum absolute atomic E-state index is 12.4. The van der Waals surface area contributed by atoms with Gasteiger partial charge in [-0.25, -0.2) is 0 Å². The number of nitrogens with zero attached hydrogens (tertiary/aromatic N) is 1. The van der Waals surface area contributed by atoms with E-state index in [1.165, 1.54) is 37.0 Å². The minimum absolute atomic E-state index is 0.249. The molecule has 2 N–H and O–H groups in total. The van der Waals surface area contributed by atoms with Crippen LogP contribution in [0.2, 0.25) is 0 Å². The molecule has 1 fully saturated rings. The maximum atomic E-state index is 12.4. The van der Waals surface area contributed by atoms with Crippen LogP contribution < -0.4 is 10.6 Å². The summed E-state index contributed by atoms with van der Waals surface area (Å²) in [6, 6.07) is 13.5. The summed E-state index contributed by atoms with van der Waals surface area (Å²) in [4.78, 5) is 38.3. The number of likely N-dealkylation sites (tertiary alicyclic amines) is 1. The predicted molar refractivity (Wildman–Crippen MR) is 110 cm³/mol. The molecule has 1 saturated heterocycles. The van der Waals surface area contributed by atoms with E-state index in [2.05, 4.69) is 34.6 Å².